The number of carbonyl (C=O) groups excluding carboxylic acids is 2. The molecule has 2 amide bonds. The minimum Gasteiger partial charge on any atom is -0.274 e. The molecule has 2 heterocycles. The monoisotopic (exact) mass is 392 g/mol. The lowest BCUT2D eigenvalue weighted by atomic mass is 9.81. The maximum Gasteiger partial charge on any atom is 0.240 e. The number of carbonyl (C=O) groups is 2. The van der Waals surface area contributed by atoms with Crippen molar-refractivity contribution < 1.29 is 9.59 Å². The molecule has 28 heavy (non-hydrogen) atoms. The zero-order chi connectivity index (χ0) is 19.6. The van der Waals surface area contributed by atoms with Gasteiger partial charge in [0.15, 0.2) is 5.13 Å². The van der Waals surface area contributed by atoms with Crippen molar-refractivity contribution in [1.82, 2.24) is 4.98 Å². The van der Waals surface area contributed by atoms with Crippen LogP contribution >= 0.6 is 11.3 Å². The fraction of sp³-hybridized carbons (Fsp3) is 0.435. The van der Waals surface area contributed by atoms with Crippen molar-refractivity contribution in [1.29, 1.82) is 0 Å². The van der Waals surface area contributed by atoms with Crippen LogP contribution in [0.2, 0.25) is 0 Å². The summed E-state index contributed by atoms with van der Waals surface area (Å²) in [5, 5.41) is 0.554. The fourth-order valence-corrected chi connectivity index (χ4v) is 6.71. The number of anilines is 1. The number of thiazole rings is 1. The Balaban J connectivity index is 1.55. The molecular formula is C23H24N2O2S. The van der Waals surface area contributed by atoms with Gasteiger partial charge in [0, 0.05) is 10.4 Å². The number of aromatic nitrogens is 1. The Morgan fingerprint density at radius 2 is 1.68 bits per heavy atom. The first-order valence-corrected chi connectivity index (χ1v) is 10.9. The first kappa shape index (κ1) is 17.8. The third-order valence-corrected chi connectivity index (χ3v) is 7.86. The van der Waals surface area contributed by atoms with Crippen molar-refractivity contribution in [2.24, 2.45) is 23.7 Å². The third-order valence-electron chi connectivity index (χ3n) is 6.68. The zero-order valence-corrected chi connectivity index (χ0v) is 17.3. The van der Waals surface area contributed by atoms with Gasteiger partial charge < -0.3 is 0 Å². The van der Waals surface area contributed by atoms with E-state index in [0.29, 0.717) is 5.13 Å². The van der Waals surface area contributed by atoms with Gasteiger partial charge in [-0.25, -0.2) is 9.88 Å². The smallest absolute Gasteiger partial charge is 0.240 e. The number of amides is 2. The highest BCUT2D eigenvalue weighted by Crippen LogP contribution is 2.60. The molecule has 4 nitrogen and oxygen atoms in total. The normalized spacial score (nSPS) is 28.4. The Labute approximate surface area is 169 Å². The zero-order valence-electron chi connectivity index (χ0n) is 16.4. The predicted octanol–water partition coefficient (Wildman–Crippen LogP) is 4.85. The number of hydrogen-bond acceptors (Lipinski definition) is 4. The predicted molar refractivity (Wildman–Crippen MR) is 111 cm³/mol. The number of imide groups is 1. The second-order valence-electron chi connectivity index (χ2n) is 8.30. The molecule has 144 valence electrons. The molecule has 0 N–H and O–H groups in total. The first-order valence-electron chi connectivity index (χ1n) is 10.1. The summed E-state index contributed by atoms with van der Waals surface area (Å²) in [6.07, 6.45) is 2.90. The summed E-state index contributed by atoms with van der Waals surface area (Å²) in [6, 6.07) is 10.0. The Hall–Kier alpha value is -2.27. The van der Waals surface area contributed by atoms with Crippen molar-refractivity contribution >= 4 is 28.3 Å². The summed E-state index contributed by atoms with van der Waals surface area (Å²) in [6.45, 7) is 6.33. The molecule has 3 aliphatic rings. The maximum absolute atomic E-state index is 13.4. The molecule has 2 saturated carbocycles. The van der Waals surface area contributed by atoms with Gasteiger partial charge in [-0.2, -0.15) is 0 Å². The van der Waals surface area contributed by atoms with E-state index < -0.39 is 0 Å². The average Bonchev–Trinajstić information content (AvgIpc) is 3.43. The van der Waals surface area contributed by atoms with Gasteiger partial charge in [0.1, 0.15) is 0 Å². The molecule has 4 atom stereocenters. The van der Waals surface area contributed by atoms with E-state index >= 15 is 0 Å². The van der Waals surface area contributed by atoms with Gasteiger partial charge >= 0.3 is 0 Å². The Bertz CT molecular complexity index is 971. The van der Waals surface area contributed by atoms with Gasteiger partial charge in [0.2, 0.25) is 11.8 Å². The lowest BCUT2D eigenvalue weighted by molar-refractivity contribution is -0.123. The van der Waals surface area contributed by atoms with Crippen LogP contribution in [0.15, 0.2) is 41.5 Å². The summed E-state index contributed by atoms with van der Waals surface area (Å²) < 4.78 is 0. The Kier molecular flexibility index (Phi) is 4.05. The van der Waals surface area contributed by atoms with E-state index in [1.807, 2.05) is 30.3 Å². The fourth-order valence-electron chi connectivity index (χ4n) is 5.68. The van der Waals surface area contributed by atoms with Gasteiger partial charge in [-0.1, -0.05) is 48.4 Å². The molecule has 5 rings (SSSR count). The van der Waals surface area contributed by atoms with Crippen molar-refractivity contribution in [2.45, 2.75) is 40.0 Å². The van der Waals surface area contributed by atoms with Crippen LogP contribution < -0.4 is 4.90 Å². The van der Waals surface area contributed by atoms with Crippen molar-refractivity contribution in [3.05, 3.63) is 46.4 Å². The molecule has 0 unspecified atom stereocenters. The highest BCUT2D eigenvalue weighted by molar-refractivity contribution is 7.16. The number of hydrogen-bond donors (Lipinski definition) is 0. The molecule has 5 heteroatoms. The third kappa shape index (κ3) is 2.32. The van der Waals surface area contributed by atoms with Crippen molar-refractivity contribution in [3.63, 3.8) is 0 Å². The standard InChI is InChI=1S/C23H24N2O2S/c1-4-16-20(13-8-6-5-7-9-13)24-23(28-16)25-21(26)18-14-10-11-15(17(14)12(2)3)19(18)22(25)27/h5-9,14-15,18-19H,4,10-11H2,1-3H3/t14-,15-,18-,19+/m0/s1. The number of rotatable bonds is 3. The largest absolute Gasteiger partial charge is 0.274 e. The van der Waals surface area contributed by atoms with E-state index in [0.717, 1.165) is 35.4 Å². The van der Waals surface area contributed by atoms with Gasteiger partial charge in [0.25, 0.3) is 0 Å². The van der Waals surface area contributed by atoms with Crippen LogP contribution in [0.4, 0.5) is 5.13 Å². The average molecular weight is 393 g/mol. The van der Waals surface area contributed by atoms with E-state index in [1.54, 1.807) is 0 Å². The summed E-state index contributed by atoms with van der Waals surface area (Å²) in [5.41, 5.74) is 4.61. The molecule has 2 aliphatic carbocycles. The highest BCUT2D eigenvalue weighted by atomic mass is 32.1. The van der Waals surface area contributed by atoms with Crippen molar-refractivity contribution in [2.75, 3.05) is 4.90 Å². The molecule has 0 radical (unpaired) electrons. The lowest BCUT2D eigenvalue weighted by Crippen LogP contribution is -2.33. The van der Waals surface area contributed by atoms with Crippen LogP contribution in [0.1, 0.15) is 38.5 Å². The van der Waals surface area contributed by atoms with Crippen LogP contribution in [-0.4, -0.2) is 16.8 Å². The van der Waals surface area contributed by atoms with Gasteiger partial charge in [-0.3, -0.25) is 9.59 Å². The van der Waals surface area contributed by atoms with E-state index in [1.165, 1.54) is 27.4 Å². The number of nitrogens with zero attached hydrogens (tertiary/aromatic N) is 2. The van der Waals surface area contributed by atoms with Gasteiger partial charge in [-0.15, -0.1) is 11.3 Å². The van der Waals surface area contributed by atoms with E-state index in [2.05, 4.69) is 20.8 Å². The summed E-state index contributed by atoms with van der Waals surface area (Å²) in [4.78, 5) is 34.0. The van der Waals surface area contributed by atoms with E-state index in [9.17, 15) is 9.59 Å². The van der Waals surface area contributed by atoms with Crippen LogP contribution in [-0.2, 0) is 16.0 Å². The highest BCUT2D eigenvalue weighted by Gasteiger charge is 2.64. The molecule has 1 aliphatic heterocycles. The quantitative estimate of drug-likeness (QED) is 0.554. The minimum atomic E-state index is -0.176. The first-order chi connectivity index (χ1) is 13.5. The van der Waals surface area contributed by atoms with E-state index in [-0.39, 0.29) is 35.5 Å². The molecule has 2 bridgehead atoms. The van der Waals surface area contributed by atoms with Crippen LogP contribution in [0, 0.1) is 23.7 Å². The number of allylic oxidation sites excluding steroid dienone is 2. The summed E-state index contributed by atoms with van der Waals surface area (Å²) in [7, 11) is 0. The molecule has 3 fully saturated rings. The number of fused-ring (bicyclic) bond motifs is 5. The second-order valence-corrected chi connectivity index (χ2v) is 9.36. The topological polar surface area (TPSA) is 50.3 Å². The number of benzene rings is 1. The van der Waals surface area contributed by atoms with Gasteiger partial charge in [-0.05, 0) is 44.9 Å². The van der Waals surface area contributed by atoms with Crippen molar-refractivity contribution in [3.8, 4) is 11.3 Å². The Morgan fingerprint density at radius 3 is 2.21 bits per heavy atom. The Morgan fingerprint density at radius 1 is 1.07 bits per heavy atom. The van der Waals surface area contributed by atoms with Crippen LogP contribution in [0.25, 0.3) is 11.3 Å². The summed E-state index contributed by atoms with van der Waals surface area (Å²) in [5.74, 6) is 0.0887. The molecule has 1 saturated heterocycles. The molecule has 1 aromatic heterocycles. The number of aryl methyl sites for hydroxylation is 1. The molecule has 2 aromatic rings. The van der Waals surface area contributed by atoms with Crippen LogP contribution in [0.5, 0.6) is 0 Å². The molecular weight excluding hydrogens is 368 g/mol. The molecule has 1 aromatic carbocycles. The maximum atomic E-state index is 13.4. The summed E-state index contributed by atoms with van der Waals surface area (Å²) >= 11 is 1.49. The SMILES string of the molecule is CCc1sc(N2C(=O)[C@@H]3[C@H](C2=O)[C@H]2CC[C@H]3C2=C(C)C)nc1-c1ccccc1. The minimum absolute atomic E-state index is 0.0306. The van der Waals surface area contributed by atoms with Gasteiger partial charge in [0.05, 0.1) is 17.5 Å². The lowest BCUT2D eigenvalue weighted by Gasteiger charge is -2.18. The van der Waals surface area contributed by atoms with Crippen LogP contribution in [0.3, 0.4) is 0 Å². The van der Waals surface area contributed by atoms with E-state index in [4.69, 9.17) is 4.98 Å². The second kappa shape index (κ2) is 6.38. The molecule has 0 spiro atoms.